The first kappa shape index (κ1) is 15.4. The first-order valence-electron chi connectivity index (χ1n) is 6.84. The number of nitrogens with one attached hydrogen (secondary N) is 3. The maximum atomic E-state index is 12.0. The molecule has 0 aromatic carbocycles. The lowest BCUT2D eigenvalue weighted by Crippen LogP contribution is -2.22. The maximum absolute atomic E-state index is 12.0. The lowest BCUT2D eigenvalue weighted by atomic mass is 10.2. The number of hydrogen-bond acceptors (Lipinski definition) is 4. The highest BCUT2D eigenvalue weighted by atomic mass is 16.2. The molecule has 0 fully saturated rings. The summed E-state index contributed by atoms with van der Waals surface area (Å²) in [5.74, 6) is 0.0481. The van der Waals surface area contributed by atoms with Gasteiger partial charge in [-0.1, -0.05) is 6.92 Å². The molecule has 0 radical (unpaired) electrons. The lowest BCUT2D eigenvalue weighted by molar-refractivity contribution is 0.0963. The van der Waals surface area contributed by atoms with E-state index in [1.807, 2.05) is 6.92 Å². The number of hydrogen-bond donors (Lipinski definition) is 3. The molecule has 3 N–H and O–H groups in total. The Morgan fingerprint density at radius 3 is 2.68 bits per heavy atom. The fourth-order valence-corrected chi connectivity index (χ4v) is 1.89. The van der Waals surface area contributed by atoms with E-state index >= 15 is 0 Å². The zero-order valence-electron chi connectivity index (χ0n) is 12.4. The number of carbonyl (C=O) groups is 2. The van der Waals surface area contributed by atoms with Crippen molar-refractivity contribution >= 4 is 23.4 Å². The molecule has 7 nitrogen and oxygen atoms in total. The number of rotatable bonds is 4. The minimum atomic E-state index is -0.441. The highest BCUT2D eigenvalue weighted by Gasteiger charge is 2.09. The lowest BCUT2D eigenvalue weighted by Gasteiger charge is -2.10. The largest absolute Gasteiger partial charge is 0.355 e. The molecule has 2 aromatic heterocycles. The summed E-state index contributed by atoms with van der Waals surface area (Å²) in [6.45, 7) is 1.96. The van der Waals surface area contributed by atoms with Gasteiger partial charge in [-0.15, -0.1) is 0 Å². The fraction of sp³-hybridized carbons (Fsp3) is 0.200. The topological polar surface area (TPSA) is 96.0 Å². The molecular weight excluding hydrogens is 282 g/mol. The van der Waals surface area contributed by atoms with Gasteiger partial charge in [-0.2, -0.15) is 0 Å². The quantitative estimate of drug-likeness (QED) is 0.805. The van der Waals surface area contributed by atoms with Crippen molar-refractivity contribution in [3.05, 3.63) is 47.9 Å². The van der Waals surface area contributed by atoms with Crippen LogP contribution in [-0.4, -0.2) is 29.0 Å². The highest BCUT2D eigenvalue weighted by molar-refractivity contribution is 6.00. The molecule has 0 aliphatic carbocycles. The second-order valence-electron chi connectivity index (χ2n) is 4.44. The van der Waals surface area contributed by atoms with Gasteiger partial charge in [-0.05, 0) is 30.7 Å². The summed E-state index contributed by atoms with van der Waals surface area (Å²) in [4.78, 5) is 31.8. The molecule has 3 amide bonds. The normalized spacial score (nSPS) is 9.91. The minimum Gasteiger partial charge on any atom is -0.355 e. The summed E-state index contributed by atoms with van der Waals surface area (Å²) in [6, 6.07) is 6.16. The maximum Gasteiger partial charge on any atom is 0.324 e. The van der Waals surface area contributed by atoms with E-state index < -0.39 is 6.03 Å². The van der Waals surface area contributed by atoms with E-state index in [0.29, 0.717) is 23.5 Å². The second-order valence-corrected chi connectivity index (χ2v) is 4.44. The van der Waals surface area contributed by atoms with Gasteiger partial charge in [-0.25, -0.2) is 9.78 Å². The van der Waals surface area contributed by atoms with E-state index in [4.69, 9.17) is 0 Å². The number of anilines is 2. The van der Waals surface area contributed by atoms with Crippen molar-refractivity contribution in [2.24, 2.45) is 0 Å². The number of aromatic nitrogens is 2. The van der Waals surface area contributed by atoms with Gasteiger partial charge in [0.15, 0.2) is 0 Å². The van der Waals surface area contributed by atoms with E-state index in [-0.39, 0.29) is 5.91 Å². The Morgan fingerprint density at radius 1 is 1.14 bits per heavy atom. The third-order valence-corrected chi connectivity index (χ3v) is 2.96. The molecule has 0 bridgehead atoms. The Balaban J connectivity index is 2.07. The van der Waals surface area contributed by atoms with Crippen molar-refractivity contribution in [1.82, 2.24) is 15.3 Å². The summed E-state index contributed by atoms with van der Waals surface area (Å²) in [5.41, 5.74) is 1.86. The van der Waals surface area contributed by atoms with Crippen LogP contribution in [0.2, 0.25) is 0 Å². The summed E-state index contributed by atoms with van der Waals surface area (Å²) >= 11 is 0. The van der Waals surface area contributed by atoms with Gasteiger partial charge in [0.05, 0.1) is 11.4 Å². The van der Waals surface area contributed by atoms with Gasteiger partial charge >= 0.3 is 6.03 Å². The number of aryl methyl sites for hydroxylation is 1. The average molecular weight is 299 g/mol. The van der Waals surface area contributed by atoms with Crippen molar-refractivity contribution in [3.8, 4) is 0 Å². The molecule has 2 heterocycles. The molecule has 0 saturated carbocycles. The Morgan fingerprint density at radius 2 is 1.95 bits per heavy atom. The molecule has 22 heavy (non-hydrogen) atoms. The van der Waals surface area contributed by atoms with E-state index in [2.05, 4.69) is 25.9 Å². The van der Waals surface area contributed by atoms with Gasteiger partial charge in [-0.3, -0.25) is 15.1 Å². The van der Waals surface area contributed by atoms with E-state index in [1.165, 1.54) is 19.3 Å². The zero-order valence-corrected chi connectivity index (χ0v) is 12.4. The Bertz CT molecular complexity index is 687. The number of urea groups is 1. The molecule has 0 aliphatic rings. The number of carbonyl (C=O) groups excluding carboxylic acids is 2. The molecule has 0 saturated heterocycles. The molecule has 0 atom stereocenters. The van der Waals surface area contributed by atoms with Crippen LogP contribution in [0.25, 0.3) is 0 Å². The average Bonchev–Trinajstić information content (AvgIpc) is 2.54. The van der Waals surface area contributed by atoms with Crippen molar-refractivity contribution < 1.29 is 9.59 Å². The van der Waals surface area contributed by atoms with Crippen LogP contribution in [0, 0.1) is 0 Å². The number of amides is 3. The van der Waals surface area contributed by atoms with Gasteiger partial charge < -0.3 is 10.6 Å². The van der Waals surface area contributed by atoms with Crippen molar-refractivity contribution in [3.63, 3.8) is 0 Å². The van der Waals surface area contributed by atoms with Crippen LogP contribution < -0.4 is 16.0 Å². The van der Waals surface area contributed by atoms with Crippen LogP contribution in [0.5, 0.6) is 0 Å². The van der Waals surface area contributed by atoms with Gasteiger partial charge in [0, 0.05) is 25.0 Å². The van der Waals surface area contributed by atoms with Crippen molar-refractivity contribution in [2.45, 2.75) is 13.3 Å². The highest BCUT2D eigenvalue weighted by Crippen LogP contribution is 2.13. The van der Waals surface area contributed by atoms with Crippen LogP contribution >= 0.6 is 0 Å². The Labute approximate surface area is 128 Å². The molecule has 114 valence electrons. The number of nitrogens with zero attached hydrogens (tertiary/aromatic N) is 2. The van der Waals surface area contributed by atoms with Crippen LogP contribution in [0.15, 0.2) is 36.7 Å². The predicted octanol–water partition coefficient (Wildman–Crippen LogP) is 2.04. The van der Waals surface area contributed by atoms with Crippen LogP contribution in [0.4, 0.5) is 16.3 Å². The first-order chi connectivity index (χ1) is 10.6. The van der Waals surface area contributed by atoms with Crippen molar-refractivity contribution in [2.75, 3.05) is 17.7 Å². The molecule has 0 spiro atoms. The Kier molecular flexibility index (Phi) is 5.02. The van der Waals surface area contributed by atoms with E-state index in [1.54, 1.807) is 24.4 Å². The van der Waals surface area contributed by atoms with E-state index in [0.717, 1.165) is 5.69 Å². The monoisotopic (exact) mass is 299 g/mol. The minimum absolute atomic E-state index is 0.244. The SMILES string of the molecule is CCc1ncccc1NC(=O)Nc1cc(C(=O)NC)ccn1. The molecule has 2 rings (SSSR count). The van der Waals surface area contributed by atoms with Crippen LogP contribution in [-0.2, 0) is 6.42 Å². The fourth-order valence-electron chi connectivity index (χ4n) is 1.89. The molecular formula is C15H17N5O2. The molecule has 0 unspecified atom stereocenters. The summed E-state index contributed by atoms with van der Waals surface area (Å²) in [5, 5.41) is 7.83. The molecule has 0 aliphatic heterocycles. The molecule has 2 aromatic rings. The smallest absolute Gasteiger partial charge is 0.324 e. The summed E-state index contributed by atoms with van der Waals surface area (Å²) < 4.78 is 0. The van der Waals surface area contributed by atoms with E-state index in [9.17, 15) is 9.59 Å². The van der Waals surface area contributed by atoms with Gasteiger partial charge in [0.25, 0.3) is 5.91 Å². The Hall–Kier alpha value is -2.96. The second kappa shape index (κ2) is 7.16. The number of pyridine rings is 2. The predicted molar refractivity (Wildman–Crippen MR) is 83.9 cm³/mol. The summed E-state index contributed by atoms with van der Waals surface area (Å²) in [7, 11) is 1.54. The standard InChI is InChI=1S/C15H17N5O2/c1-3-11-12(5-4-7-17-11)19-15(22)20-13-9-10(6-8-18-13)14(21)16-2/h4-9H,3H2,1-2H3,(H,16,21)(H2,18,19,20,22). The zero-order chi connectivity index (χ0) is 15.9. The summed E-state index contributed by atoms with van der Waals surface area (Å²) in [6.07, 6.45) is 3.85. The van der Waals surface area contributed by atoms with Crippen LogP contribution in [0.3, 0.4) is 0 Å². The molecule has 7 heteroatoms. The first-order valence-corrected chi connectivity index (χ1v) is 6.84. The van der Waals surface area contributed by atoms with Gasteiger partial charge in [0.2, 0.25) is 0 Å². The van der Waals surface area contributed by atoms with Crippen LogP contribution in [0.1, 0.15) is 23.0 Å². The van der Waals surface area contributed by atoms with Gasteiger partial charge in [0.1, 0.15) is 5.82 Å². The third kappa shape index (κ3) is 3.78. The van der Waals surface area contributed by atoms with Crippen molar-refractivity contribution in [1.29, 1.82) is 0 Å². The third-order valence-electron chi connectivity index (χ3n) is 2.96.